The first-order valence-electron chi connectivity index (χ1n) is 4.67. The van der Waals surface area contributed by atoms with Gasteiger partial charge in [0.15, 0.2) is 5.78 Å². The van der Waals surface area contributed by atoms with E-state index in [1.165, 1.54) is 12.1 Å². The standard InChI is InChI=1S/C11H9F3O2S/c12-11(13,14)17-7-10(16)9(6-15)8-4-2-1-3-5-8/h1-6,9H,7H2. The van der Waals surface area contributed by atoms with Crippen LogP contribution in [0, 0.1) is 0 Å². The van der Waals surface area contributed by atoms with Crippen molar-refractivity contribution in [2.24, 2.45) is 0 Å². The fourth-order valence-corrected chi connectivity index (χ4v) is 1.73. The molecule has 0 aliphatic heterocycles. The number of aldehydes is 1. The maximum Gasteiger partial charge on any atom is 0.442 e. The number of hydrogen-bond acceptors (Lipinski definition) is 3. The second-order valence-electron chi connectivity index (χ2n) is 3.23. The summed E-state index contributed by atoms with van der Waals surface area (Å²) in [4.78, 5) is 22.2. The highest BCUT2D eigenvalue weighted by atomic mass is 32.2. The minimum absolute atomic E-state index is 0.370. The normalized spacial score (nSPS) is 13.1. The summed E-state index contributed by atoms with van der Waals surface area (Å²) in [6, 6.07) is 8.01. The lowest BCUT2D eigenvalue weighted by atomic mass is 9.97. The van der Waals surface area contributed by atoms with E-state index in [9.17, 15) is 22.8 Å². The largest absolute Gasteiger partial charge is 0.442 e. The summed E-state index contributed by atoms with van der Waals surface area (Å²) in [5.41, 5.74) is -4.05. The summed E-state index contributed by atoms with van der Waals surface area (Å²) in [5, 5.41) is 0. The molecule has 6 heteroatoms. The highest BCUT2D eigenvalue weighted by Gasteiger charge is 2.31. The molecule has 0 saturated heterocycles. The van der Waals surface area contributed by atoms with E-state index in [0.717, 1.165) is 0 Å². The summed E-state index contributed by atoms with van der Waals surface area (Å²) in [6.07, 6.45) is 0.370. The van der Waals surface area contributed by atoms with Gasteiger partial charge < -0.3 is 4.79 Å². The number of carbonyl (C=O) groups is 2. The van der Waals surface area contributed by atoms with Gasteiger partial charge in [0.1, 0.15) is 6.29 Å². The third kappa shape index (κ3) is 4.60. The van der Waals surface area contributed by atoms with Gasteiger partial charge in [-0.1, -0.05) is 30.3 Å². The van der Waals surface area contributed by atoms with E-state index >= 15 is 0 Å². The zero-order valence-electron chi connectivity index (χ0n) is 8.61. The van der Waals surface area contributed by atoms with Crippen molar-refractivity contribution in [3.63, 3.8) is 0 Å². The van der Waals surface area contributed by atoms with E-state index in [1.807, 2.05) is 0 Å². The Bertz CT molecular complexity index is 389. The van der Waals surface area contributed by atoms with Crippen LogP contribution in [0.1, 0.15) is 11.5 Å². The third-order valence-corrected chi connectivity index (χ3v) is 2.78. The quantitative estimate of drug-likeness (QED) is 0.604. The molecule has 17 heavy (non-hydrogen) atoms. The molecule has 2 nitrogen and oxygen atoms in total. The molecule has 1 rings (SSSR count). The van der Waals surface area contributed by atoms with Gasteiger partial charge in [-0.3, -0.25) is 4.79 Å². The van der Waals surface area contributed by atoms with Crippen molar-refractivity contribution in [1.82, 2.24) is 0 Å². The number of benzene rings is 1. The maximum absolute atomic E-state index is 11.9. The lowest BCUT2D eigenvalue weighted by Gasteiger charge is -2.10. The Balaban J connectivity index is 2.69. The molecule has 1 aromatic carbocycles. The zero-order valence-corrected chi connectivity index (χ0v) is 9.42. The Hall–Kier alpha value is -1.30. The fourth-order valence-electron chi connectivity index (χ4n) is 1.24. The van der Waals surface area contributed by atoms with Gasteiger partial charge in [-0.15, -0.1) is 0 Å². The molecule has 0 saturated carbocycles. The monoisotopic (exact) mass is 262 g/mol. The van der Waals surface area contributed by atoms with E-state index in [-0.39, 0.29) is 0 Å². The summed E-state index contributed by atoms with van der Waals surface area (Å²) >= 11 is -0.428. The van der Waals surface area contributed by atoms with Crippen LogP contribution in [0.4, 0.5) is 13.2 Å². The molecule has 0 radical (unpaired) electrons. The minimum Gasteiger partial charge on any atom is -0.302 e. The predicted molar refractivity (Wildman–Crippen MR) is 58.8 cm³/mol. The second-order valence-corrected chi connectivity index (χ2v) is 4.27. The van der Waals surface area contributed by atoms with Crippen LogP contribution in [-0.2, 0) is 9.59 Å². The minimum atomic E-state index is -4.46. The van der Waals surface area contributed by atoms with E-state index in [4.69, 9.17) is 0 Å². The number of alkyl halides is 3. The Morgan fingerprint density at radius 1 is 1.29 bits per heavy atom. The first kappa shape index (κ1) is 13.8. The molecule has 0 heterocycles. The van der Waals surface area contributed by atoms with Crippen LogP contribution >= 0.6 is 11.8 Å². The van der Waals surface area contributed by atoms with Crippen molar-refractivity contribution in [3.05, 3.63) is 35.9 Å². The number of hydrogen-bond donors (Lipinski definition) is 0. The Morgan fingerprint density at radius 3 is 2.35 bits per heavy atom. The van der Waals surface area contributed by atoms with Crippen LogP contribution in [0.3, 0.4) is 0 Å². The van der Waals surface area contributed by atoms with Gasteiger partial charge in [0.2, 0.25) is 0 Å². The van der Waals surface area contributed by atoms with Gasteiger partial charge in [-0.25, -0.2) is 0 Å². The molecule has 1 unspecified atom stereocenters. The highest BCUT2D eigenvalue weighted by Crippen LogP contribution is 2.31. The Kier molecular flexibility index (Phi) is 4.74. The molecule has 1 atom stereocenters. The average Bonchev–Trinajstić information content (AvgIpc) is 2.28. The Labute approximate surface area is 100 Å². The summed E-state index contributed by atoms with van der Waals surface area (Å²) in [7, 11) is 0. The van der Waals surface area contributed by atoms with Gasteiger partial charge in [0.05, 0.1) is 11.7 Å². The smallest absolute Gasteiger partial charge is 0.302 e. The van der Waals surface area contributed by atoms with E-state index in [1.54, 1.807) is 18.2 Å². The zero-order chi connectivity index (χ0) is 12.9. The highest BCUT2D eigenvalue weighted by molar-refractivity contribution is 8.00. The molecule has 92 valence electrons. The van der Waals surface area contributed by atoms with Gasteiger partial charge in [-0.2, -0.15) is 13.2 Å². The molecule has 1 aromatic rings. The molecule has 0 N–H and O–H groups in total. The first-order chi connectivity index (χ1) is 7.94. The SMILES string of the molecule is O=CC(C(=O)CSC(F)(F)F)c1ccccc1. The summed E-state index contributed by atoms with van der Waals surface area (Å²) in [6.45, 7) is 0. The van der Waals surface area contributed by atoms with Crippen molar-refractivity contribution in [1.29, 1.82) is 0 Å². The van der Waals surface area contributed by atoms with Crippen LogP contribution in [0.25, 0.3) is 0 Å². The predicted octanol–water partition coefficient (Wildman–Crippen LogP) is 2.79. The molecule has 0 aromatic heterocycles. The topological polar surface area (TPSA) is 34.1 Å². The van der Waals surface area contributed by atoms with E-state index in [0.29, 0.717) is 11.8 Å². The molecular formula is C11H9F3O2S. The van der Waals surface area contributed by atoms with Crippen LogP contribution < -0.4 is 0 Å². The van der Waals surface area contributed by atoms with Crippen molar-refractivity contribution in [3.8, 4) is 0 Å². The number of halogens is 3. The molecule has 0 bridgehead atoms. The first-order valence-corrected chi connectivity index (χ1v) is 5.66. The van der Waals surface area contributed by atoms with Gasteiger partial charge in [-0.05, 0) is 17.3 Å². The van der Waals surface area contributed by atoms with Crippen LogP contribution in [0.15, 0.2) is 30.3 Å². The molecule has 0 amide bonds. The molecule has 0 spiro atoms. The van der Waals surface area contributed by atoms with E-state index < -0.39 is 34.7 Å². The van der Waals surface area contributed by atoms with Crippen molar-refractivity contribution >= 4 is 23.8 Å². The van der Waals surface area contributed by atoms with Crippen LogP contribution in [-0.4, -0.2) is 23.3 Å². The number of thioether (sulfide) groups is 1. The van der Waals surface area contributed by atoms with Crippen LogP contribution in [0.2, 0.25) is 0 Å². The van der Waals surface area contributed by atoms with E-state index in [2.05, 4.69) is 0 Å². The lowest BCUT2D eigenvalue weighted by molar-refractivity contribution is -0.122. The van der Waals surface area contributed by atoms with Gasteiger partial charge >= 0.3 is 5.51 Å². The van der Waals surface area contributed by atoms with Gasteiger partial charge in [0, 0.05) is 0 Å². The molecule has 0 aliphatic carbocycles. The van der Waals surface area contributed by atoms with Gasteiger partial charge in [0.25, 0.3) is 0 Å². The molecule has 0 aliphatic rings. The number of Topliss-reactive ketones (excluding diaryl/α,β-unsaturated/α-hetero) is 1. The number of carbonyl (C=O) groups excluding carboxylic acids is 2. The molecular weight excluding hydrogens is 253 g/mol. The third-order valence-electron chi connectivity index (χ3n) is 2.02. The average molecular weight is 262 g/mol. The van der Waals surface area contributed by atoms with Crippen molar-refractivity contribution < 1.29 is 22.8 Å². The summed E-state index contributed by atoms with van der Waals surface area (Å²) in [5.74, 6) is -2.61. The lowest BCUT2D eigenvalue weighted by Crippen LogP contribution is -2.18. The van der Waals surface area contributed by atoms with Crippen LogP contribution in [0.5, 0.6) is 0 Å². The number of ketones is 1. The van der Waals surface area contributed by atoms with Crippen molar-refractivity contribution in [2.45, 2.75) is 11.4 Å². The fraction of sp³-hybridized carbons (Fsp3) is 0.273. The maximum atomic E-state index is 11.9. The number of rotatable bonds is 5. The second kappa shape index (κ2) is 5.86. The Morgan fingerprint density at radius 2 is 1.88 bits per heavy atom. The summed E-state index contributed by atoms with van der Waals surface area (Å²) < 4.78 is 35.7. The molecule has 0 fully saturated rings. The van der Waals surface area contributed by atoms with Crippen molar-refractivity contribution in [2.75, 3.05) is 5.75 Å².